The van der Waals surface area contributed by atoms with Crippen molar-refractivity contribution in [3.63, 3.8) is 0 Å². The van der Waals surface area contributed by atoms with Crippen molar-refractivity contribution in [3.8, 4) is 0 Å². The van der Waals surface area contributed by atoms with Gasteiger partial charge < -0.3 is 10.2 Å². The van der Waals surface area contributed by atoms with Gasteiger partial charge in [-0.1, -0.05) is 11.6 Å². The van der Waals surface area contributed by atoms with E-state index in [-0.39, 0.29) is 23.4 Å². The normalized spacial score (nSPS) is 11.9. The lowest BCUT2D eigenvalue weighted by atomic mass is 10.2. The van der Waals surface area contributed by atoms with Crippen molar-refractivity contribution < 1.29 is 14.0 Å². The second-order valence-corrected chi connectivity index (χ2v) is 6.17. The van der Waals surface area contributed by atoms with Crippen molar-refractivity contribution in [2.75, 3.05) is 19.8 Å². The van der Waals surface area contributed by atoms with Gasteiger partial charge in [-0.2, -0.15) is 0 Å². The van der Waals surface area contributed by atoms with Crippen LogP contribution in [0.4, 0.5) is 4.39 Å². The first-order chi connectivity index (χ1) is 9.81. The van der Waals surface area contributed by atoms with Gasteiger partial charge in [0.2, 0.25) is 11.8 Å². The molecule has 0 heterocycles. The van der Waals surface area contributed by atoms with E-state index < -0.39 is 6.04 Å². The smallest absolute Gasteiger partial charge is 0.244 e. The molecule has 116 valence electrons. The largest absolute Gasteiger partial charge is 0.347 e. The summed E-state index contributed by atoms with van der Waals surface area (Å²) < 4.78 is 13.5. The van der Waals surface area contributed by atoms with Crippen LogP contribution in [0.25, 0.3) is 0 Å². The van der Waals surface area contributed by atoms with Crippen LogP contribution >= 0.6 is 23.4 Å². The molecule has 1 atom stereocenters. The van der Waals surface area contributed by atoms with Crippen molar-refractivity contribution in [2.24, 2.45) is 0 Å². The molecule has 0 aromatic heterocycles. The number of hydrogen-bond donors (Lipinski definition) is 1. The van der Waals surface area contributed by atoms with Gasteiger partial charge in [-0.05, 0) is 30.7 Å². The van der Waals surface area contributed by atoms with Crippen LogP contribution in [0.5, 0.6) is 0 Å². The standard InChI is InChI=1S/C14H18ClFN2O2S/c1-9(14(20)18(2)3)17-13(19)8-21-7-10-6-11(15)4-5-12(10)16/h4-6,9H,7-8H2,1-3H3,(H,17,19)/t9-/m1/s1. The zero-order chi connectivity index (χ0) is 16.0. The van der Waals surface area contributed by atoms with Crippen LogP contribution in [-0.2, 0) is 15.3 Å². The predicted molar refractivity (Wildman–Crippen MR) is 83.9 cm³/mol. The molecule has 0 unspecified atom stereocenters. The number of likely N-dealkylation sites (N-methyl/N-ethyl adjacent to an activating group) is 1. The highest BCUT2D eigenvalue weighted by atomic mass is 35.5. The molecule has 1 aromatic rings. The molecule has 0 aliphatic carbocycles. The molecule has 21 heavy (non-hydrogen) atoms. The fourth-order valence-electron chi connectivity index (χ4n) is 1.64. The minimum Gasteiger partial charge on any atom is -0.347 e. The number of hydrogen-bond acceptors (Lipinski definition) is 3. The fourth-order valence-corrected chi connectivity index (χ4v) is 2.65. The Labute approximate surface area is 133 Å². The maximum atomic E-state index is 13.5. The van der Waals surface area contributed by atoms with Gasteiger partial charge in [0, 0.05) is 24.9 Å². The van der Waals surface area contributed by atoms with E-state index in [1.807, 2.05) is 0 Å². The molecule has 4 nitrogen and oxygen atoms in total. The molecule has 0 aliphatic heterocycles. The highest BCUT2D eigenvalue weighted by Crippen LogP contribution is 2.19. The zero-order valence-electron chi connectivity index (χ0n) is 12.2. The first-order valence-electron chi connectivity index (χ1n) is 6.33. The van der Waals surface area contributed by atoms with E-state index in [1.165, 1.54) is 28.8 Å². The lowest BCUT2D eigenvalue weighted by Crippen LogP contribution is -2.44. The van der Waals surface area contributed by atoms with E-state index in [1.54, 1.807) is 27.1 Å². The summed E-state index contributed by atoms with van der Waals surface area (Å²) in [6.07, 6.45) is 0. The number of benzene rings is 1. The van der Waals surface area contributed by atoms with E-state index in [4.69, 9.17) is 11.6 Å². The highest BCUT2D eigenvalue weighted by Gasteiger charge is 2.17. The third-order valence-corrected chi connectivity index (χ3v) is 3.90. The van der Waals surface area contributed by atoms with Crippen LogP contribution in [0.2, 0.25) is 5.02 Å². The summed E-state index contributed by atoms with van der Waals surface area (Å²) in [4.78, 5) is 24.7. The molecule has 0 saturated carbocycles. The molecule has 7 heteroatoms. The number of halogens is 2. The maximum Gasteiger partial charge on any atom is 0.244 e. The topological polar surface area (TPSA) is 49.4 Å². The van der Waals surface area contributed by atoms with E-state index in [0.717, 1.165) is 0 Å². The number of nitrogens with zero attached hydrogens (tertiary/aromatic N) is 1. The molecule has 1 rings (SSSR count). The predicted octanol–water partition coefficient (Wildman–Crippen LogP) is 2.31. The molecule has 0 spiro atoms. The third kappa shape index (κ3) is 5.93. The summed E-state index contributed by atoms with van der Waals surface area (Å²) in [5.74, 6) is -0.282. The second-order valence-electron chi connectivity index (χ2n) is 4.75. The first-order valence-corrected chi connectivity index (χ1v) is 7.86. The Balaban J connectivity index is 2.40. The van der Waals surface area contributed by atoms with Crippen molar-refractivity contribution in [3.05, 3.63) is 34.6 Å². The SMILES string of the molecule is C[C@@H](NC(=O)CSCc1cc(Cl)ccc1F)C(=O)N(C)C. The molecule has 0 radical (unpaired) electrons. The highest BCUT2D eigenvalue weighted by molar-refractivity contribution is 7.99. The molecule has 1 N–H and O–H groups in total. The number of nitrogens with one attached hydrogen (secondary N) is 1. The lowest BCUT2D eigenvalue weighted by Gasteiger charge is -2.17. The summed E-state index contributed by atoms with van der Waals surface area (Å²) in [5, 5.41) is 3.06. The van der Waals surface area contributed by atoms with E-state index in [9.17, 15) is 14.0 Å². The van der Waals surface area contributed by atoms with Gasteiger partial charge in [0.05, 0.1) is 5.75 Å². The van der Waals surface area contributed by atoms with Crippen molar-refractivity contribution in [2.45, 2.75) is 18.7 Å². The number of thioether (sulfide) groups is 1. The first kappa shape index (κ1) is 17.8. The Morgan fingerprint density at radius 2 is 2.10 bits per heavy atom. The third-order valence-electron chi connectivity index (χ3n) is 2.69. The van der Waals surface area contributed by atoms with Crippen LogP contribution < -0.4 is 5.32 Å². The number of carbonyl (C=O) groups excluding carboxylic acids is 2. The fraction of sp³-hybridized carbons (Fsp3) is 0.429. The maximum absolute atomic E-state index is 13.5. The molecule has 0 saturated heterocycles. The minimum atomic E-state index is -0.573. The Hall–Kier alpha value is -1.27. The Morgan fingerprint density at radius 3 is 2.71 bits per heavy atom. The summed E-state index contributed by atoms with van der Waals surface area (Å²) in [6.45, 7) is 1.63. The molecule has 1 aromatic carbocycles. The Kier molecular flexibility index (Phi) is 6.98. The zero-order valence-corrected chi connectivity index (χ0v) is 13.7. The van der Waals surface area contributed by atoms with Crippen LogP contribution in [0.3, 0.4) is 0 Å². The molecule has 0 aliphatic rings. The van der Waals surface area contributed by atoms with Crippen molar-refractivity contribution in [1.82, 2.24) is 10.2 Å². The van der Waals surface area contributed by atoms with Gasteiger partial charge in [-0.3, -0.25) is 9.59 Å². The van der Waals surface area contributed by atoms with Gasteiger partial charge in [-0.15, -0.1) is 11.8 Å². The van der Waals surface area contributed by atoms with Crippen LogP contribution in [0.15, 0.2) is 18.2 Å². The molecule has 0 bridgehead atoms. The summed E-state index contributed by atoms with van der Waals surface area (Å²) in [6, 6.07) is 3.75. The molecular formula is C14H18ClFN2O2S. The van der Waals surface area contributed by atoms with Crippen molar-refractivity contribution in [1.29, 1.82) is 0 Å². The van der Waals surface area contributed by atoms with Crippen molar-refractivity contribution >= 4 is 35.2 Å². The average molecular weight is 333 g/mol. The van der Waals surface area contributed by atoms with Crippen LogP contribution in [0.1, 0.15) is 12.5 Å². The number of carbonyl (C=O) groups is 2. The van der Waals surface area contributed by atoms with Crippen LogP contribution in [-0.4, -0.2) is 42.6 Å². The van der Waals surface area contributed by atoms with Gasteiger partial charge >= 0.3 is 0 Å². The number of rotatable bonds is 6. The molecular weight excluding hydrogens is 315 g/mol. The average Bonchev–Trinajstić information content (AvgIpc) is 2.41. The lowest BCUT2D eigenvalue weighted by molar-refractivity contribution is -0.133. The summed E-state index contributed by atoms with van der Waals surface area (Å²) in [7, 11) is 3.25. The van der Waals surface area contributed by atoms with E-state index in [0.29, 0.717) is 16.3 Å². The summed E-state index contributed by atoms with van der Waals surface area (Å²) in [5.41, 5.74) is 0.456. The van der Waals surface area contributed by atoms with Gasteiger partial charge in [0.1, 0.15) is 11.9 Å². The second kappa shape index (κ2) is 8.24. The van der Waals surface area contributed by atoms with Gasteiger partial charge in [0.25, 0.3) is 0 Å². The van der Waals surface area contributed by atoms with Gasteiger partial charge in [0.15, 0.2) is 0 Å². The molecule has 0 fully saturated rings. The van der Waals surface area contributed by atoms with E-state index in [2.05, 4.69) is 5.32 Å². The minimum absolute atomic E-state index is 0.150. The Morgan fingerprint density at radius 1 is 1.43 bits per heavy atom. The number of amides is 2. The monoisotopic (exact) mass is 332 g/mol. The van der Waals surface area contributed by atoms with E-state index >= 15 is 0 Å². The Bertz CT molecular complexity index is 526. The van der Waals surface area contributed by atoms with Gasteiger partial charge in [-0.25, -0.2) is 4.39 Å². The summed E-state index contributed by atoms with van der Waals surface area (Å²) >= 11 is 7.06. The quantitative estimate of drug-likeness (QED) is 0.869. The van der Waals surface area contributed by atoms with Crippen LogP contribution in [0, 0.1) is 5.82 Å². The molecule has 2 amide bonds.